The van der Waals surface area contributed by atoms with Gasteiger partial charge in [-0.15, -0.1) is 0 Å². The molecule has 0 aliphatic rings. The molecular formula is C10H7Cl2NO5S. The van der Waals surface area contributed by atoms with Gasteiger partial charge in [0.15, 0.2) is 0 Å². The summed E-state index contributed by atoms with van der Waals surface area (Å²) in [4.78, 5) is 10.4. The minimum Gasteiger partial charge on any atom is -0.480 e. The number of furan rings is 1. The number of fused-ring (bicyclic) bond motifs is 1. The largest absolute Gasteiger partial charge is 0.480 e. The summed E-state index contributed by atoms with van der Waals surface area (Å²) >= 11 is 11.7. The Labute approximate surface area is 118 Å². The summed E-state index contributed by atoms with van der Waals surface area (Å²) in [6.45, 7) is -0.742. The van der Waals surface area contributed by atoms with Crippen molar-refractivity contribution in [2.24, 2.45) is 0 Å². The van der Waals surface area contributed by atoms with Gasteiger partial charge in [0.25, 0.3) is 10.0 Å². The van der Waals surface area contributed by atoms with Crippen LogP contribution in [0.4, 0.5) is 0 Å². The Bertz CT molecular complexity index is 753. The number of halogens is 2. The van der Waals surface area contributed by atoms with Crippen molar-refractivity contribution in [1.82, 2.24) is 4.72 Å². The van der Waals surface area contributed by atoms with Crippen LogP contribution in [-0.4, -0.2) is 26.0 Å². The maximum absolute atomic E-state index is 11.8. The smallest absolute Gasteiger partial charge is 0.318 e. The molecule has 9 heteroatoms. The Morgan fingerprint density at radius 3 is 2.68 bits per heavy atom. The molecule has 0 bridgehead atoms. The lowest BCUT2D eigenvalue weighted by Crippen LogP contribution is -2.29. The van der Waals surface area contributed by atoms with E-state index in [-0.39, 0.29) is 15.6 Å². The lowest BCUT2D eigenvalue weighted by atomic mass is 10.2. The summed E-state index contributed by atoms with van der Waals surface area (Å²) in [6.07, 6.45) is 0. The molecule has 2 aromatic rings. The number of benzene rings is 1. The topological polar surface area (TPSA) is 96.6 Å². The number of carboxylic acid groups (broad SMARTS) is 1. The van der Waals surface area contributed by atoms with E-state index in [0.717, 1.165) is 0 Å². The minimum atomic E-state index is -4.05. The first-order chi connectivity index (χ1) is 8.81. The number of sulfonamides is 1. The molecule has 0 fully saturated rings. The molecule has 0 radical (unpaired) electrons. The molecule has 0 spiro atoms. The van der Waals surface area contributed by atoms with E-state index in [2.05, 4.69) is 0 Å². The molecule has 0 saturated carbocycles. The fourth-order valence-electron chi connectivity index (χ4n) is 1.39. The summed E-state index contributed by atoms with van der Waals surface area (Å²) in [5.41, 5.74) is 0.241. The average Bonchev–Trinajstić information content (AvgIpc) is 2.77. The van der Waals surface area contributed by atoms with E-state index in [1.165, 1.54) is 18.2 Å². The van der Waals surface area contributed by atoms with Crippen LogP contribution in [0.5, 0.6) is 0 Å². The van der Waals surface area contributed by atoms with Gasteiger partial charge in [0.1, 0.15) is 12.1 Å². The first-order valence-electron chi connectivity index (χ1n) is 4.90. The molecule has 19 heavy (non-hydrogen) atoms. The maximum atomic E-state index is 11.8. The van der Waals surface area contributed by atoms with E-state index in [1.807, 2.05) is 4.72 Å². The SMILES string of the molecule is O=C(O)CNS(=O)(=O)c1cc2c(Cl)c(Cl)ccc2o1. The fourth-order valence-corrected chi connectivity index (χ4v) is 2.69. The van der Waals surface area contributed by atoms with Crippen LogP contribution in [0.25, 0.3) is 11.0 Å². The van der Waals surface area contributed by atoms with E-state index in [4.69, 9.17) is 32.7 Å². The quantitative estimate of drug-likeness (QED) is 0.898. The molecule has 1 heterocycles. The monoisotopic (exact) mass is 323 g/mol. The van der Waals surface area contributed by atoms with Crippen molar-refractivity contribution in [2.45, 2.75) is 5.09 Å². The van der Waals surface area contributed by atoms with Crippen LogP contribution in [0.1, 0.15) is 0 Å². The number of hydrogen-bond acceptors (Lipinski definition) is 4. The van der Waals surface area contributed by atoms with Gasteiger partial charge in [0.2, 0.25) is 5.09 Å². The van der Waals surface area contributed by atoms with Crippen molar-refractivity contribution in [3.8, 4) is 0 Å². The summed E-state index contributed by atoms with van der Waals surface area (Å²) in [5.74, 6) is -1.30. The number of nitrogens with one attached hydrogen (secondary N) is 1. The molecule has 0 unspecified atom stereocenters. The Morgan fingerprint density at radius 1 is 1.37 bits per heavy atom. The van der Waals surface area contributed by atoms with Gasteiger partial charge in [0, 0.05) is 11.5 Å². The highest BCUT2D eigenvalue weighted by Crippen LogP contribution is 2.33. The van der Waals surface area contributed by atoms with Crippen LogP contribution < -0.4 is 4.72 Å². The molecule has 0 aliphatic heterocycles. The lowest BCUT2D eigenvalue weighted by molar-refractivity contribution is -0.135. The molecule has 0 atom stereocenters. The number of hydrogen-bond donors (Lipinski definition) is 2. The fraction of sp³-hybridized carbons (Fsp3) is 0.100. The van der Waals surface area contributed by atoms with Crippen molar-refractivity contribution < 1.29 is 22.7 Å². The van der Waals surface area contributed by atoms with Gasteiger partial charge < -0.3 is 9.52 Å². The Hall–Kier alpha value is -1.28. The molecule has 0 aliphatic carbocycles. The first-order valence-corrected chi connectivity index (χ1v) is 7.14. The summed E-state index contributed by atoms with van der Waals surface area (Å²) in [6, 6.07) is 4.13. The van der Waals surface area contributed by atoms with Crippen LogP contribution >= 0.6 is 23.2 Å². The van der Waals surface area contributed by atoms with E-state index in [9.17, 15) is 13.2 Å². The first kappa shape index (κ1) is 14.1. The van der Waals surface area contributed by atoms with Gasteiger partial charge >= 0.3 is 5.97 Å². The zero-order valence-electron chi connectivity index (χ0n) is 9.18. The van der Waals surface area contributed by atoms with E-state index >= 15 is 0 Å². The second-order valence-electron chi connectivity index (χ2n) is 3.56. The van der Waals surface area contributed by atoms with Crippen LogP contribution in [0.15, 0.2) is 27.7 Å². The van der Waals surface area contributed by atoms with E-state index in [0.29, 0.717) is 5.39 Å². The van der Waals surface area contributed by atoms with Crippen LogP contribution in [0.3, 0.4) is 0 Å². The Morgan fingerprint density at radius 2 is 2.05 bits per heavy atom. The van der Waals surface area contributed by atoms with Crippen molar-refractivity contribution in [1.29, 1.82) is 0 Å². The standard InChI is InChI=1S/C10H7Cl2NO5S/c11-6-1-2-7-5(10(6)12)3-9(18-7)19(16,17)13-4-8(14)15/h1-3,13H,4H2,(H,14,15). The Balaban J connectivity index is 2.46. The zero-order chi connectivity index (χ0) is 14.2. The van der Waals surface area contributed by atoms with Gasteiger partial charge in [-0.2, -0.15) is 4.72 Å². The van der Waals surface area contributed by atoms with Gasteiger partial charge in [0.05, 0.1) is 10.0 Å². The van der Waals surface area contributed by atoms with Gasteiger partial charge in [-0.1, -0.05) is 23.2 Å². The van der Waals surface area contributed by atoms with Crippen molar-refractivity contribution in [3.05, 3.63) is 28.2 Å². The molecule has 6 nitrogen and oxygen atoms in total. The summed E-state index contributed by atoms with van der Waals surface area (Å²) in [7, 11) is -4.05. The van der Waals surface area contributed by atoms with E-state index in [1.54, 1.807) is 0 Å². The third-order valence-corrected chi connectivity index (χ3v) is 4.32. The van der Waals surface area contributed by atoms with Crippen molar-refractivity contribution in [3.63, 3.8) is 0 Å². The minimum absolute atomic E-state index is 0.169. The molecule has 0 amide bonds. The van der Waals surface area contributed by atoms with Gasteiger partial charge in [-0.25, -0.2) is 8.42 Å². The number of rotatable bonds is 4. The number of carboxylic acids is 1. The third-order valence-electron chi connectivity index (χ3n) is 2.24. The van der Waals surface area contributed by atoms with Crippen LogP contribution in [-0.2, 0) is 14.8 Å². The molecule has 2 rings (SSSR count). The predicted molar refractivity (Wildman–Crippen MR) is 69.1 cm³/mol. The average molecular weight is 324 g/mol. The van der Waals surface area contributed by atoms with Crippen molar-refractivity contribution >= 4 is 50.2 Å². The Kier molecular flexibility index (Phi) is 3.73. The van der Waals surface area contributed by atoms with Crippen molar-refractivity contribution in [2.75, 3.05) is 6.54 Å². The highest BCUT2D eigenvalue weighted by Gasteiger charge is 2.21. The summed E-state index contributed by atoms with van der Waals surface area (Å²) in [5, 5.41) is 8.79. The second-order valence-corrected chi connectivity index (χ2v) is 6.04. The maximum Gasteiger partial charge on any atom is 0.318 e. The lowest BCUT2D eigenvalue weighted by Gasteiger charge is -1.99. The third kappa shape index (κ3) is 2.84. The molecule has 102 valence electrons. The number of aliphatic carboxylic acids is 1. The highest BCUT2D eigenvalue weighted by atomic mass is 35.5. The van der Waals surface area contributed by atoms with Gasteiger partial charge in [-0.3, -0.25) is 4.79 Å². The normalized spacial score (nSPS) is 11.9. The van der Waals surface area contributed by atoms with Gasteiger partial charge in [-0.05, 0) is 12.1 Å². The molecule has 2 N–H and O–H groups in total. The number of carbonyl (C=O) groups is 1. The molecule has 1 aromatic carbocycles. The van der Waals surface area contributed by atoms with Crippen LogP contribution in [0.2, 0.25) is 10.0 Å². The van der Waals surface area contributed by atoms with Crippen LogP contribution in [0, 0.1) is 0 Å². The predicted octanol–water partition coefficient (Wildman–Crippen LogP) is 2.10. The molecular weight excluding hydrogens is 317 g/mol. The highest BCUT2D eigenvalue weighted by molar-refractivity contribution is 7.89. The molecule has 1 aromatic heterocycles. The summed E-state index contributed by atoms with van der Waals surface area (Å²) < 4.78 is 30.5. The zero-order valence-corrected chi connectivity index (χ0v) is 11.5. The van der Waals surface area contributed by atoms with E-state index < -0.39 is 27.6 Å². The second kappa shape index (κ2) is 5.01. The molecule has 0 saturated heterocycles.